The molecule has 1 amide bonds. The Morgan fingerprint density at radius 1 is 1.22 bits per heavy atom. The van der Waals surface area contributed by atoms with Crippen LogP contribution in [0.2, 0.25) is 5.02 Å². The van der Waals surface area contributed by atoms with Crippen molar-refractivity contribution in [3.8, 4) is 0 Å². The molecule has 23 heavy (non-hydrogen) atoms. The molecule has 0 unspecified atom stereocenters. The summed E-state index contributed by atoms with van der Waals surface area (Å²) in [6.45, 7) is 1.94. The molecule has 2 aromatic carbocycles. The number of carbonyl (C=O) groups is 1. The van der Waals surface area contributed by atoms with E-state index < -0.39 is 11.7 Å². The van der Waals surface area contributed by atoms with Crippen molar-refractivity contribution in [1.29, 1.82) is 0 Å². The summed E-state index contributed by atoms with van der Waals surface area (Å²) in [6, 6.07) is 10.5. The van der Waals surface area contributed by atoms with Gasteiger partial charge in [-0.1, -0.05) is 29.8 Å². The topological polar surface area (TPSA) is 29.1 Å². The Hall–Kier alpha value is -1.66. The van der Waals surface area contributed by atoms with Gasteiger partial charge in [0.2, 0.25) is 5.91 Å². The van der Waals surface area contributed by atoms with Gasteiger partial charge < -0.3 is 5.32 Å². The second kappa shape index (κ2) is 7.27. The number of benzene rings is 2. The first-order chi connectivity index (χ1) is 10.8. The highest BCUT2D eigenvalue weighted by atomic mass is 35.5. The lowest BCUT2D eigenvalue weighted by Gasteiger charge is -2.11. The SMILES string of the molecule is Cc1ccccc1SCC(=O)Nc1ccc(C(F)(F)F)cc1Cl. The highest BCUT2D eigenvalue weighted by Gasteiger charge is 2.30. The molecule has 1 N–H and O–H groups in total. The van der Waals surface area contributed by atoms with Crippen LogP contribution in [0.5, 0.6) is 0 Å². The largest absolute Gasteiger partial charge is 0.416 e. The third-order valence-electron chi connectivity index (χ3n) is 3.02. The summed E-state index contributed by atoms with van der Waals surface area (Å²) in [4.78, 5) is 12.9. The Labute approximate surface area is 141 Å². The van der Waals surface area contributed by atoms with E-state index in [0.717, 1.165) is 28.7 Å². The molecule has 0 aliphatic heterocycles. The van der Waals surface area contributed by atoms with Crippen LogP contribution in [0.25, 0.3) is 0 Å². The van der Waals surface area contributed by atoms with E-state index in [-0.39, 0.29) is 22.4 Å². The molecule has 0 aliphatic carbocycles. The first-order valence-corrected chi connectivity index (χ1v) is 7.99. The quantitative estimate of drug-likeness (QED) is 0.741. The zero-order valence-corrected chi connectivity index (χ0v) is 13.6. The van der Waals surface area contributed by atoms with E-state index in [2.05, 4.69) is 5.32 Å². The van der Waals surface area contributed by atoms with Gasteiger partial charge in [0.1, 0.15) is 0 Å². The van der Waals surface area contributed by atoms with Crippen molar-refractivity contribution in [2.75, 3.05) is 11.1 Å². The molecular weight excluding hydrogens is 347 g/mol. The van der Waals surface area contributed by atoms with Gasteiger partial charge in [0.05, 0.1) is 22.0 Å². The van der Waals surface area contributed by atoms with Crippen LogP contribution in [-0.4, -0.2) is 11.7 Å². The summed E-state index contributed by atoms with van der Waals surface area (Å²) in [7, 11) is 0. The lowest BCUT2D eigenvalue weighted by Crippen LogP contribution is -2.15. The molecule has 122 valence electrons. The van der Waals surface area contributed by atoms with Crippen molar-refractivity contribution in [3.63, 3.8) is 0 Å². The van der Waals surface area contributed by atoms with Crippen LogP contribution in [0.15, 0.2) is 47.4 Å². The molecule has 2 nitrogen and oxygen atoms in total. The molecule has 2 rings (SSSR count). The Kier molecular flexibility index (Phi) is 5.59. The van der Waals surface area contributed by atoms with Gasteiger partial charge >= 0.3 is 6.18 Å². The summed E-state index contributed by atoms with van der Waals surface area (Å²) in [5.41, 5.74) is 0.364. The zero-order valence-electron chi connectivity index (χ0n) is 12.1. The van der Waals surface area contributed by atoms with Gasteiger partial charge in [0.25, 0.3) is 0 Å². The lowest BCUT2D eigenvalue weighted by molar-refractivity contribution is -0.137. The molecular formula is C16H13ClF3NOS. The minimum atomic E-state index is -4.47. The maximum absolute atomic E-state index is 12.6. The minimum absolute atomic E-state index is 0.141. The van der Waals surface area contributed by atoms with Crippen molar-refractivity contribution in [2.45, 2.75) is 18.0 Å². The fraction of sp³-hybridized carbons (Fsp3) is 0.188. The van der Waals surface area contributed by atoms with Gasteiger partial charge in [0, 0.05) is 4.90 Å². The van der Waals surface area contributed by atoms with Crippen molar-refractivity contribution in [2.24, 2.45) is 0 Å². The van der Waals surface area contributed by atoms with Gasteiger partial charge in [-0.2, -0.15) is 13.2 Å². The minimum Gasteiger partial charge on any atom is -0.324 e. The van der Waals surface area contributed by atoms with E-state index in [1.807, 2.05) is 31.2 Å². The number of rotatable bonds is 4. The fourth-order valence-electron chi connectivity index (χ4n) is 1.84. The number of thioether (sulfide) groups is 1. The van der Waals surface area contributed by atoms with Gasteiger partial charge in [-0.3, -0.25) is 4.79 Å². The molecule has 7 heteroatoms. The molecule has 0 heterocycles. The van der Waals surface area contributed by atoms with Crippen molar-refractivity contribution >= 4 is 35.0 Å². The van der Waals surface area contributed by atoms with Crippen LogP contribution in [0.1, 0.15) is 11.1 Å². The third-order valence-corrected chi connectivity index (χ3v) is 4.51. The molecule has 0 saturated heterocycles. The number of hydrogen-bond donors (Lipinski definition) is 1. The second-order valence-corrected chi connectivity index (χ2v) is 6.22. The molecule has 0 fully saturated rings. The third kappa shape index (κ3) is 4.91. The van der Waals surface area contributed by atoms with E-state index in [1.54, 1.807) is 0 Å². The predicted octanol–water partition coefficient (Wildman–Crippen LogP) is 5.40. The fourth-order valence-corrected chi connectivity index (χ4v) is 2.90. The molecule has 0 saturated carbocycles. The van der Waals surface area contributed by atoms with Crippen LogP contribution in [0.4, 0.5) is 18.9 Å². The van der Waals surface area contributed by atoms with E-state index in [1.165, 1.54) is 11.8 Å². The Balaban J connectivity index is 1.99. The highest BCUT2D eigenvalue weighted by Crippen LogP contribution is 2.33. The standard InChI is InChI=1S/C16H13ClF3NOS/c1-10-4-2-3-5-14(10)23-9-15(22)21-13-7-6-11(8-12(13)17)16(18,19)20/h2-8H,9H2,1H3,(H,21,22). The van der Waals surface area contributed by atoms with E-state index in [4.69, 9.17) is 11.6 Å². The summed E-state index contributed by atoms with van der Waals surface area (Å²) >= 11 is 7.15. The molecule has 0 spiro atoms. The molecule has 0 aliphatic rings. The van der Waals surface area contributed by atoms with Crippen LogP contribution >= 0.6 is 23.4 Å². The monoisotopic (exact) mass is 359 g/mol. The number of hydrogen-bond acceptors (Lipinski definition) is 2. The average Bonchev–Trinajstić information content (AvgIpc) is 2.47. The predicted molar refractivity (Wildman–Crippen MR) is 87.0 cm³/mol. The van der Waals surface area contributed by atoms with E-state index in [0.29, 0.717) is 0 Å². The molecule has 0 bridgehead atoms. The van der Waals surface area contributed by atoms with Crippen LogP contribution < -0.4 is 5.32 Å². The van der Waals surface area contributed by atoms with Gasteiger partial charge in [-0.25, -0.2) is 0 Å². The van der Waals surface area contributed by atoms with Crippen molar-refractivity contribution < 1.29 is 18.0 Å². The van der Waals surface area contributed by atoms with E-state index >= 15 is 0 Å². The van der Waals surface area contributed by atoms with Crippen molar-refractivity contribution in [3.05, 3.63) is 58.6 Å². The van der Waals surface area contributed by atoms with E-state index in [9.17, 15) is 18.0 Å². The zero-order chi connectivity index (χ0) is 17.0. The smallest absolute Gasteiger partial charge is 0.324 e. The highest BCUT2D eigenvalue weighted by molar-refractivity contribution is 8.00. The lowest BCUT2D eigenvalue weighted by atomic mass is 10.2. The Morgan fingerprint density at radius 3 is 2.52 bits per heavy atom. The number of alkyl halides is 3. The van der Waals surface area contributed by atoms with Gasteiger partial charge in [-0.15, -0.1) is 11.8 Å². The summed E-state index contributed by atoms with van der Waals surface area (Å²) in [5.74, 6) is -0.192. The number of halogens is 4. The number of nitrogens with one attached hydrogen (secondary N) is 1. The van der Waals surface area contributed by atoms with Crippen LogP contribution in [-0.2, 0) is 11.0 Å². The summed E-state index contributed by atoms with van der Waals surface area (Å²) < 4.78 is 37.7. The maximum Gasteiger partial charge on any atom is 0.416 e. The number of anilines is 1. The van der Waals surface area contributed by atoms with Crippen molar-refractivity contribution in [1.82, 2.24) is 0 Å². The summed E-state index contributed by atoms with van der Waals surface area (Å²) in [6.07, 6.45) is -4.47. The molecule has 2 aromatic rings. The first-order valence-electron chi connectivity index (χ1n) is 6.62. The Morgan fingerprint density at radius 2 is 1.91 bits per heavy atom. The van der Waals surface area contributed by atoms with Gasteiger partial charge in [0.15, 0.2) is 0 Å². The number of aryl methyl sites for hydroxylation is 1. The maximum atomic E-state index is 12.6. The normalized spacial score (nSPS) is 11.3. The van der Waals surface area contributed by atoms with Crippen LogP contribution in [0, 0.1) is 6.92 Å². The van der Waals surface area contributed by atoms with Crippen LogP contribution in [0.3, 0.4) is 0 Å². The number of carbonyl (C=O) groups excluding carboxylic acids is 1. The number of amides is 1. The molecule has 0 radical (unpaired) electrons. The summed E-state index contributed by atoms with van der Waals surface area (Å²) in [5, 5.41) is 2.38. The average molecular weight is 360 g/mol. The Bertz CT molecular complexity index is 719. The molecule has 0 aromatic heterocycles. The second-order valence-electron chi connectivity index (χ2n) is 4.79. The van der Waals surface area contributed by atoms with Gasteiger partial charge in [-0.05, 0) is 36.8 Å². The first kappa shape index (κ1) is 17.7. The molecule has 0 atom stereocenters.